The number of Topliss-reactive ketones (excluding diaryl/α,β-unsaturated/α-hetero) is 1. The number of hydrogen-bond acceptors (Lipinski definition) is 10. The first-order valence-electron chi connectivity index (χ1n) is 17.8. The number of nitrogens with zero attached hydrogens (tertiary/aromatic N) is 2. The molecule has 14 nitrogen and oxygen atoms in total. The molecule has 2 saturated carbocycles. The maximum absolute atomic E-state index is 14.6. The maximum atomic E-state index is 14.6. The number of ether oxygens (including phenoxy) is 3. The third kappa shape index (κ3) is 8.88. The minimum atomic E-state index is -1.13. The first kappa shape index (κ1) is 38.2. The summed E-state index contributed by atoms with van der Waals surface area (Å²) in [6.45, 7) is 7.24. The molecule has 0 aromatic heterocycles. The fourth-order valence-electron chi connectivity index (χ4n) is 6.95. The van der Waals surface area contributed by atoms with Gasteiger partial charge in [-0.3, -0.25) is 19.2 Å². The topological polar surface area (TPSA) is 174 Å². The number of oxime groups is 1. The Balaban J connectivity index is 1.42. The molecule has 1 spiro atoms. The number of likely N-dealkylation sites (tertiary alicyclic amines) is 1. The molecule has 4 aliphatic rings. The molecule has 1 aromatic rings. The second-order valence-electron chi connectivity index (χ2n) is 15.1. The van der Waals surface area contributed by atoms with Crippen molar-refractivity contribution in [3.8, 4) is 11.5 Å². The molecule has 0 radical (unpaired) electrons. The minimum absolute atomic E-state index is 0.0223. The van der Waals surface area contributed by atoms with Crippen molar-refractivity contribution in [1.82, 2.24) is 20.9 Å². The molecular weight excluding hydrogens is 682 g/mol. The van der Waals surface area contributed by atoms with Crippen LogP contribution in [0.3, 0.4) is 0 Å². The molecule has 51 heavy (non-hydrogen) atoms. The van der Waals surface area contributed by atoms with E-state index in [-0.39, 0.29) is 38.0 Å². The van der Waals surface area contributed by atoms with E-state index in [9.17, 15) is 24.0 Å². The predicted molar refractivity (Wildman–Crippen MR) is 188 cm³/mol. The molecular formula is C36H50ClN5O9. The number of carbonyl (C=O) groups is 5. The molecule has 0 unspecified atom stereocenters. The first-order valence-corrected chi connectivity index (χ1v) is 18.2. The summed E-state index contributed by atoms with van der Waals surface area (Å²) < 4.78 is 16.6. The highest BCUT2D eigenvalue weighted by Gasteiger charge is 2.56. The molecule has 2 heterocycles. The number of benzene rings is 1. The Morgan fingerprint density at radius 2 is 1.73 bits per heavy atom. The van der Waals surface area contributed by atoms with Crippen LogP contribution < -0.4 is 25.4 Å². The van der Waals surface area contributed by atoms with Gasteiger partial charge in [0.25, 0.3) is 5.91 Å². The van der Waals surface area contributed by atoms with Crippen molar-refractivity contribution >= 4 is 46.9 Å². The number of amides is 4. The second-order valence-corrected chi connectivity index (χ2v) is 15.5. The molecule has 2 aliphatic heterocycles. The van der Waals surface area contributed by atoms with E-state index >= 15 is 0 Å². The van der Waals surface area contributed by atoms with Gasteiger partial charge in [0.1, 0.15) is 29.7 Å². The molecule has 3 N–H and O–H groups in total. The Kier molecular flexibility index (Phi) is 11.7. The van der Waals surface area contributed by atoms with Crippen LogP contribution >= 0.6 is 11.6 Å². The summed E-state index contributed by atoms with van der Waals surface area (Å²) in [6, 6.07) is -0.0142. The van der Waals surface area contributed by atoms with Gasteiger partial charge in [-0.05, 0) is 56.4 Å². The summed E-state index contributed by atoms with van der Waals surface area (Å²) >= 11 is 6.46. The van der Waals surface area contributed by atoms with E-state index in [0.717, 1.165) is 38.5 Å². The Hall–Kier alpha value is -4.07. The van der Waals surface area contributed by atoms with Crippen LogP contribution in [-0.4, -0.2) is 96.8 Å². The Bertz CT molecular complexity index is 1550. The van der Waals surface area contributed by atoms with E-state index in [2.05, 4.69) is 21.1 Å². The lowest BCUT2D eigenvalue weighted by atomic mass is 9.85. The summed E-state index contributed by atoms with van der Waals surface area (Å²) in [5, 5.41) is 13.0. The number of alkyl carbamates (subject to hydrolysis) is 1. The van der Waals surface area contributed by atoms with Crippen molar-refractivity contribution in [2.75, 3.05) is 20.8 Å². The molecule has 1 aromatic carbocycles. The van der Waals surface area contributed by atoms with Gasteiger partial charge in [0, 0.05) is 30.5 Å². The van der Waals surface area contributed by atoms with Crippen molar-refractivity contribution in [3.63, 3.8) is 0 Å². The van der Waals surface area contributed by atoms with Gasteiger partial charge in [-0.1, -0.05) is 50.9 Å². The third-order valence-corrected chi connectivity index (χ3v) is 10.2. The normalized spacial score (nSPS) is 22.8. The van der Waals surface area contributed by atoms with Crippen molar-refractivity contribution in [3.05, 3.63) is 22.7 Å². The van der Waals surface area contributed by atoms with Crippen LogP contribution in [0.25, 0.3) is 0 Å². The molecule has 15 heteroatoms. The highest BCUT2D eigenvalue weighted by Crippen LogP contribution is 2.42. The monoisotopic (exact) mass is 731 g/mol. The predicted octanol–water partition coefficient (Wildman–Crippen LogP) is 4.04. The van der Waals surface area contributed by atoms with Gasteiger partial charge >= 0.3 is 6.09 Å². The average molecular weight is 732 g/mol. The second kappa shape index (κ2) is 15.7. The van der Waals surface area contributed by atoms with E-state index in [1.165, 1.54) is 19.1 Å². The zero-order valence-corrected chi connectivity index (χ0v) is 31.0. The van der Waals surface area contributed by atoms with E-state index in [1.54, 1.807) is 12.1 Å². The number of halogens is 1. The summed E-state index contributed by atoms with van der Waals surface area (Å²) in [4.78, 5) is 75.2. The summed E-state index contributed by atoms with van der Waals surface area (Å²) in [5.74, 6) is -1.76. The molecule has 280 valence electrons. The molecule has 1 saturated heterocycles. The summed E-state index contributed by atoms with van der Waals surface area (Å²) in [6.07, 6.45) is 5.12. The zero-order chi connectivity index (χ0) is 37.1. The van der Waals surface area contributed by atoms with Gasteiger partial charge in [-0.25, -0.2) is 4.79 Å². The Morgan fingerprint density at radius 3 is 2.33 bits per heavy atom. The van der Waals surface area contributed by atoms with Crippen molar-refractivity contribution in [2.45, 2.75) is 128 Å². The Labute approximate surface area is 303 Å². The van der Waals surface area contributed by atoms with Crippen molar-refractivity contribution in [1.29, 1.82) is 0 Å². The molecule has 5 rings (SSSR count). The van der Waals surface area contributed by atoms with Crippen LogP contribution in [0.1, 0.15) is 97.5 Å². The van der Waals surface area contributed by atoms with Crippen LogP contribution in [0.4, 0.5) is 4.79 Å². The number of ketones is 1. The highest BCUT2D eigenvalue weighted by atomic mass is 35.5. The van der Waals surface area contributed by atoms with Gasteiger partial charge in [0.2, 0.25) is 17.6 Å². The minimum Gasteiger partial charge on any atom is -0.496 e. The molecule has 2 aliphatic carbocycles. The highest BCUT2D eigenvalue weighted by molar-refractivity contribution is 6.38. The van der Waals surface area contributed by atoms with Crippen LogP contribution in [0.5, 0.6) is 11.5 Å². The molecule has 3 fully saturated rings. The summed E-state index contributed by atoms with van der Waals surface area (Å²) in [7, 11) is 3.00. The zero-order valence-electron chi connectivity index (χ0n) is 30.3. The SMILES string of the molecule is CCC[C@H](NC(=O)[C@@H]1C[C@]2(CC(c3cc(Cl)c(OC)cc3OC)=NO2)CN1C(=O)[C@@H](NC(=O)OC1CCCC1)C(C)(C)C)C(=O)C(=O)NC1CC1. The third-order valence-electron chi connectivity index (χ3n) is 9.91. The molecule has 4 atom stereocenters. The fourth-order valence-corrected chi connectivity index (χ4v) is 7.19. The van der Waals surface area contributed by atoms with Gasteiger partial charge in [-0.2, -0.15) is 0 Å². The van der Waals surface area contributed by atoms with Crippen LogP contribution in [0.2, 0.25) is 5.02 Å². The number of rotatable bonds is 13. The van der Waals surface area contributed by atoms with E-state index < -0.39 is 58.7 Å². The van der Waals surface area contributed by atoms with Gasteiger partial charge < -0.3 is 39.9 Å². The number of hydrogen-bond donors (Lipinski definition) is 3. The first-order chi connectivity index (χ1) is 24.2. The lowest BCUT2D eigenvalue weighted by Crippen LogP contribution is -2.59. The van der Waals surface area contributed by atoms with E-state index in [4.69, 9.17) is 30.6 Å². The largest absolute Gasteiger partial charge is 0.496 e. The van der Waals surface area contributed by atoms with E-state index in [0.29, 0.717) is 34.2 Å². The number of methoxy groups -OCH3 is 2. The van der Waals surface area contributed by atoms with Gasteiger partial charge in [0.05, 0.1) is 37.5 Å². The van der Waals surface area contributed by atoms with Crippen LogP contribution in [0, 0.1) is 5.41 Å². The van der Waals surface area contributed by atoms with Crippen LogP contribution in [-0.2, 0) is 28.8 Å². The smallest absolute Gasteiger partial charge is 0.408 e. The number of carbonyl (C=O) groups excluding carboxylic acids is 5. The lowest BCUT2D eigenvalue weighted by Gasteiger charge is -2.35. The number of nitrogens with one attached hydrogen (secondary N) is 3. The standard InChI is InChI=1S/C36H50ClN5O9/c1-7-10-24(29(43)32(45)38-20-13-14-20)39-31(44)26-18-36(17-25(41-51-36)22-15-23(37)28(49-6)16-27(22)48-5)19-42(26)33(46)30(35(2,3)4)40-34(47)50-21-11-8-9-12-21/h15-16,20-21,24,26,30H,7-14,17-19H2,1-6H3,(H,38,45)(H,39,44)(H,40,47)/t24-,26-,30+,36+/m0/s1. The van der Waals surface area contributed by atoms with Gasteiger partial charge in [0.15, 0.2) is 5.60 Å². The maximum Gasteiger partial charge on any atom is 0.408 e. The Morgan fingerprint density at radius 1 is 1.04 bits per heavy atom. The lowest BCUT2D eigenvalue weighted by molar-refractivity contribution is -0.144. The van der Waals surface area contributed by atoms with Crippen molar-refractivity contribution < 1.29 is 43.0 Å². The van der Waals surface area contributed by atoms with Gasteiger partial charge in [-0.15, -0.1) is 0 Å². The molecule has 0 bridgehead atoms. The van der Waals surface area contributed by atoms with E-state index in [1.807, 2.05) is 27.7 Å². The molecule has 4 amide bonds. The quantitative estimate of drug-likeness (QED) is 0.253. The summed E-state index contributed by atoms with van der Waals surface area (Å²) in [5.41, 5.74) is -0.864. The fraction of sp³-hybridized carbons (Fsp3) is 0.667. The van der Waals surface area contributed by atoms with Crippen molar-refractivity contribution in [2.24, 2.45) is 10.6 Å². The average Bonchev–Trinajstić information content (AvgIpc) is 3.43. The van der Waals surface area contributed by atoms with Crippen LogP contribution in [0.15, 0.2) is 17.3 Å².